The van der Waals surface area contributed by atoms with Crippen LogP contribution in [0.4, 0.5) is 5.69 Å². The SMILES string of the molecule is CCn1c(SC(C)(C)CNc2ccccc2)nnc1-c1cccs1. The lowest BCUT2D eigenvalue weighted by Crippen LogP contribution is -2.27. The largest absolute Gasteiger partial charge is 0.384 e. The maximum atomic E-state index is 4.44. The van der Waals surface area contributed by atoms with Gasteiger partial charge in [-0.2, -0.15) is 0 Å². The van der Waals surface area contributed by atoms with Gasteiger partial charge in [-0.25, -0.2) is 0 Å². The molecular weight excluding hydrogens is 336 g/mol. The fourth-order valence-electron chi connectivity index (χ4n) is 2.39. The summed E-state index contributed by atoms with van der Waals surface area (Å²) in [6.07, 6.45) is 0. The van der Waals surface area contributed by atoms with Gasteiger partial charge in [-0.1, -0.05) is 36.0 Å². The lowest BCUT2D eigenvalue weighted by Gasteiger charge is -2.24. The van der Waals surface area contributed by atoms with Crippen LogP contribution in [-0.4, -0.2) is 26.1 Å². The highest BCUT2D eigenvalue weighted by Crippen LogP contribution is 2.34. The summed E-state index contributed by atoms with van der Waals surface area (Å²) in [6.45, 7) is 8.32. The van der Waals surface area contributed by atoms with E-state index in [-0.39, 0.29) is 4.75 Å². The second-order valence-corrected chi connectivity index (χ2v) is 8.73. The number of hydrogen-bond acceptors (Lipinski definition) is 5. The lowest BCUT2D eigenvalue weighted by molar-refractivity contribution is 0.673. The van der Waals surface area contributed by atoms with Gasteiger partial charge in [0.05, 0.1) is 4.88 Å². The number of thioether (sulfide) groups is 1. The van der Waals surface area contributed by atoms with Gasteiger partial charge in [0.15, 0.2) is 11.0 Å². The smallest absolute Gasteiger partial charge is 0.192 e. The number of nitrogens with one attached hydrogen (secondary N) is 1. The van der Waals surface area contributed by atoms with E-state index in [0.29, 0.717) is 0 Å². The first-order chi connectivity index (χ1) is 11.6. The summed E-state index contributed by atoms with van der Waals surface area (Å²) in [6, 6.07) is 14.4. The van der Waals surface area contributed by atoms with E-state index < -0.39 is 0 Å². The van der Waals surface area contributed by atoms with E-state index in [2.05, 4.69) is 70.5 Å². The van der Waals surface area contributed by atoms with Crippen molar-refractivity contribution >= 4 is 28.8 Å². The van der Waals surface area contributed by atoms with E-state index in [4.69, 9.17) is 0 Å². The standard InChI is InChI=1S/C18H22N4S2/c1-4-22-16(15-11-8-12-23-15)20-21-17(22)24-18(2,3)13-19-14-9-6-5-7-10-14/h5-12,19H,4,13H2,1-3H3. The van der Waals surface area contributed by atoms with Crippen LogP contribution in [0.15, 0.2) is 53.0 Å². The van der Waals surface area contributed by atoms with Gasteiger partial charge in [-0.3, -0.25) is 0 Å². The Morgan fingerprint density at radius 1 is 1.12 bits per heavy atom. The molecule has 0 fully saturated rings. The molecule has 0 radical (unpaired) electrons. The average Bonchev–Trinajstić information content (AvgIpc) is 3.23. The topological polar surface area (TPSA) is 42.7 Å². The molecule has 0 spiro atoms. The number of aromatic nitrogens is 3. The maximum Gasteiger partial charge on any atom is 0.192 e. The van der Waals surface area contributed by atoms with Gasteiger partial charge in [0.25, 0.3) is 0 Å². The van der Waals surface area contributed by atoms with E-state index in [1.54, 1.807) is 23.1 Å². The molecule has 4 nitrogen and oxygen atoms in total. The average molecular weight is 359 g/mol. The van der Waals surface area contributed by atoms with Crippen LogP contribution in [0.2, 0.25) is 0 Å². The Morgan fingerprint density at radius 3 is 2.58 bits per heavy atom. The fourth-order valence-corrected chi connectivity index (χ4v) is 4.15. The summed E-state index contributed by atoms with van der Waals surface area (Å²) in [5, 5.41) is 15.4. The molecule has 24 heavy (non-hydrogen) atoms. The van der Waals surface area contributed by atoms with Gasteiger partial charge >= 0.3 is 0 Å². The van der Waals surface area contributed by atoms with Gasteiger partial charge in [-0.15, -0.1) is 21.5 Å². The zero-order chi connectivity index (χ0) is 17.0. The molecule has 0 saturated carbocycles. The van der Waals surface area contributed by atoms with E-state index in [0.717, 1.165) is 34.6 Å². The summed E-state index contributed by atoms with van der Waals surface area (Å²) in [4.78, 5) is 1.16. The van der Waals surface area contributed by atoms with Crippen LogP contribution >= 0.6 is 23.1 Å². The van der Waals surface area contributed by atoms with Crippen LogP contribution in [0.25, 0.3) is 10.7 Å². The summed E-state index contributed by atoms with van der Waals surface area (Å²) >= 11 is 3.47. The Hall–Kier alpha value is -1.79. The van der Waals surface area contributed by atoms with Crippen LogP contribution in [0.1, 0.15) is 20.8 Å². The normalized spacial score (nSPS) is 11.6. The zero-order valence-corrected chi connectivity index (χ0v) is 15.8. The number of anilines is 1. The number of nitrogens with zero attached hydrogens (tertiary/aromatic N) is 3. The van der Waals surface area contributed by atoms with Gasteiger partial charge < -0.3 is 9.88 Å². The highest BCUT2D eigenvalue weighted by atomic mass is 32.2. The van der Waals surface area contributed by atoms with E-state index in [1.807, 2.05) is 18.2 Å². The first-order valence-electron chi connectivity index (χ1n) is 8.04. The number of para-hydroxylation sites is 1. The molecule has 3 rings (SSSR count). The van der Waals surface area contributed by atoms with E-state index >= 15 is 0 Å². The van der Waals surface area contributed by atoms with Crippen molar-refractivity contribution in [2.24, 2.45) is 0 Å². The van der Waals surface area contributed by atoms with Crippen LogP contribution in [0, 0.1) is 0 Å². The molecule has 2 aromatic heterocycles. The molecule has 2 heterocycles. The second kappa shape index (κ2) is 7.40. The van der Waals surface area contributed by atoms with Crippen LogP contribution in [0.3, 0.4) is 0 Å². The van der Waals surface area contributed by atoms with Crippen molar-refractivity contribution in [3.05, 3.63) is 47.8 Å². The molecule has 0 atom stereocenters. The highest BCUT2D eigenvalue weighted by Gasteiger charge is 2.24. The molecule has 1 N–H and O–H groups in total. The Balaban J connectivity index is 1.72. The van der Waals surface area contributed by atoms with Gasteiger partial charge in [0.2, 0.25) is 0 Å². The lowest BCUT2D eigenvalue weighted by atomic mass is 10.2. The quantitative estimate of drug-likeness (QED) is 0.603. The van der Waals surface area contributed by atoms with E-state index in [1.165, 1.54) is 0 Å². The Kier molecular flexibility index (Phi) is 5.26. The molecule has 0 unspecified atom stereocenters. The molecular formula is C18H22N4S2. The van der Waals surface area contributed by atoms with Crippen LogP contribution < -0.4 is 5.32 Å². The number of rotatable bonds is 7. The molecule has 3 aromatic rings. The molecule has 0 saturated heterocycles. The number of hydrogen-bond donors (Lipinski definition) is 1. The van der Waals surface area contributed by atoms with Gasteiger partial charge in [-0.05, 0) is 44.4 Å². The van der Waals surface area contributed by atoms with Gasteiger partial charge in [0.1, 0.15) is 0 Å². The molecule has 0 bridgehead atoms. The van der Waals surface area contributed by atoms with Crippen molar-refractivity contribution in [3.8, 4) is 10.7 Å². The molecule has 0 aliphatic rings. The molecule has 0 aliphatic heterocycles. The van der Waals surface area contributed by atoms with Crippen molar-refractivity contribution in [2.75, 3.05) is 11.9 Å². The number of thiophene rings is 1. The first kappa shape index (κ1) is 17.0. The molecule has 0 aliphatic carbocycles. The van der Waals surface area contributed by atoms with Crippen molar-refractivity contribution in [1.82, 2.24) is 14.8 Å². The Morgan fingerprint density at radius 2 is 1.92 bits per heavy atom. The Labute approximate surface area is 151 Å². The minimum absolute atomic E-state index is 0.00249. The summed E-state index contributed by atoms with van der Waals surface area (Å²) < 4.78 is 2.20. The van der Waals surface area contributed by atoms with Crippen LogP contribution in [0.5, 0.6) is 0 Å². The maximum absolute atomic E-state index is 4.44. The zero-order valence-electron chi connectivity index (χ0n) is 14.2. The Bertz CT molecular complexity index is 764. The summed E-state index contributed by atoms with van der Waals surface area (Å²) in [7, 11) is 0. The minimum Gasteiger partial charge on any atom is -0.384 e. The van der Waals surface area contributed by atoms with Gasteiger partial charge in [0, 0.05) is 23.5 Å². The molecule has 0 amide bonds. The third-order valence-electron chi connectivity index (χ3n) is 3.63. The highest BCUT2D eigenvalue weighted by molar-refractivity contribution is 8.00. The third-order valence-corrected chi connectivity index (χ3v) is 5.68. The molecule has 1 aromatic carbocycles. The first-order valence-corrected chi connectivity index (χ1v) is 9.74. The predicted molar refractivity (Wildman–Crippen MR) is 104 cm³/mol. The summed E-state index contributed by atoms with van der Waals surface area (Å²) in [5.74, 6) is 0.960. The second-order valence-electron chi connectivity index (χ2n) is 6.11. The minimum atomic E-state index is 0.00249. The van der Waals surface area contributed by atoms with Crippen LogP contribution in [-0.2, 0) is 6.54 Å². The van der Waals surface area contributed by atoms with E-state index in [9.17, 15) is 0 Å². The van der Waals surface area contributed by atoms with Crippen molar-refractivity contribution < 1.29 is 0 Å². The molecule has 6 heteroatoms. The summed E-state index contributed by atoms with van der Waals surface area (Å²) in [5.41, 5.74) is 1.14. The van der Waals surface area contributed by atoms with Crippen molar-refractivity contribution in [1.29, 1.82) is 0 Å². The predicted octanol–water partition coefficient (Wildman–Crippen LogP) is 5.01. The number of benzene rings is 1. The van der Waals surface area contributed by atoms with Crippen molar-refractivity contribution in [2.45, 2.75) is 37.2 Å². The third kappa shape index (κ3) is 3.99. The monoisotopic (exact) mass is 358 g/mol. The molecule has 126 valence electrons. The van der Waals surface area contributed by atoms with Crippen molar-refractivity contribution in [3.63, 3.8) is 0 Å². The fraction of sp³-hybridized carbons (Fsp3) is 0.333.